The van der Waals surface area contributed by atoms with E-state index in [-0.39, 0.29) is 6.04 Å². The van der Waals surface area contributed by atoms with Crippen molar-refractivity contribution in [2.75, 3.05) is 0 Å². The first kappa shape index (κ1) is 8.71. The Hall–Kier alpha value is -1.38. The van der Waals surface area contributed by atoms with E-state index in [0.29, 0.717) is 0 Å². The zero-order valence-electron chi connectivity index (χ0n) is 7.20. The molecule has 1 aromatic heterocycles. The van der Waals surface area contributed by atoms with E-state index in [1.165, 1.54) is 0 Å². The highest BCUT2D eigenvalue weighted by molar-refractivity contribution is 5.22. The van der Waals surface area contributed by atoms with Gasteiger partial charge in [-0.25, -0.2) is 0 Å². The Kier molecular flexibility index (Phi) is 3.26. The minimum atomic E-state index is 0.184. The van der Waals surface area contributed by atoms with Gasteiger partial charge in [-0.15, -0.1) is 0 Å². The molecule has 0 aliphatic rings. The Morgan fingerprint density at radius 2 is 2.50 bits per heavy atom. The summed E-state index contributed by atoms with van der Waals surface area (Å²) in [7, 11) is 0. The van der Waals surface area contributed by atoms with E-state index in [0.717, 1.165) is 12.1 Å². The van der Waals surface area contributed by atoms with Crippen LogP contribution < -0.4 is 5.43 Å². The first-order chi connectivity index (χ1) is 5.88. The third kappa shape index (κ3) is 2.05. The normalized spacial score (nSPS) is 12.1. The molecule has 1 rings (SSSR count). The van der Waals surface area contributed by atoms with Crippen molar-refractivity contribution in [3.05, 3.63) is 30.1 Å². The third-order valence-corrected chi connectivity index (χ3v) is 1.70. The fourth-order valence-electron chi connectivity index (χ4n) is 1.06. The molecule has 0 aliphatic heterocycles. The van der Waals surface area contributed by atoms with Gasteiger partial charge in [-0.1, -0.05) is 13.0 Å². The molecular weight excluding hydrogens is 150 g/mol. The maximum absolute atomic E-state index is 4.22. The molecule has 1 atom stereocenters. The SMILES string of the molecule is C=NNC(CC)c1ccccn1. The summed E-state index contributed by atoms with van der Waals surface area (Å²) in [5.74, 6) is 0. The van der Waals surface area contributed by atoms with Gasteiger partial charge in [0.1, 0.15) is 0 Å². The van der Waals surface area contributed by atoms with Crippen LogP contribution in [0.5, 0.6) is 0 Å². The molecule has 0 spiro atoms. The van der Waals surface area contributed by atoms with Crippen LogP contribution in [0.2, 0.25) is 0 Å². The minimum absolute atomic E-state index is 0.184. The van der Waals surface area contributed by atoms with Crippen molar-refractivity contribution in [1.82, 2.24) is 10.4 Å². The van der Waals surface area contributed by atoms with Crippen molar-refractivity contribution in [2.24, 2.45) is 5.10 Å². The first-order valence-electron chi connectivity index (χ1n) is 4.00. The monoisotopic (exact) mass is 163 g/mol. The lowest BCUT2D eigenvalue weighted by molar-refractivity contribution is 0.531. The van der Waals surface area contributed by atoms with E-state index < -0.39 is 0 Å². The Morgan fingerprint density at radius 1 is 1.67 bits per heavy atom. The summed E-state index contributed by atoms with van der Waals surface area (Å²) in [4.78, 5) is 4.22. The van der Waals surface area contributed by atoms with Crippen LogP contribution in [-0.2, 0) is 0 Å². The molecule has 0 bridgehead atoms. The summed E-state index contributed by atoms with van der Waals surface area (Å²) >= 11 is 0. The zero-order chi connectivity index (χ0) is 8.81. The summed E-state index contributed by atoms with van der Waals surface area (Å²) in [6, 6.07) is 6.03. The fraction of sp³-hybridized carbons (Fsp3) is 0.333. The zero-order valence-corrected chi connectivity index (χ0v) is 7.20. The molecule has 0 fully saturated rings. The van der Waals surface area contributed by atoms with Crippen molar-refractivity contribution in [3.8, 4) is 0 Å². The van der Waals surface area contributed by atoms with E-state index in [1.54, 1.807) is 6.20 Å². The summed E-state index contributed by atoms with van der Waals surface area (Å²) in [5.41, 5.74) is 3.91. The van der Waals surface area contributed by atoms with Crippen LogP contribution in [0.15, 0.2) is 29.5 Å². The van der Waals surface area contributed by atoms with Crippen molar-refractivity contribution >= 4 is 6.72 Å². The van der Waals surface area contributed by atoms with E-state index >= 15 is 0 Å². The lowest BCUT2D eigenvalue weighted by Crippen LogP contribution is -2.15. The molecule has 0 saturated heterocycles. The van der Waals surface area contributed by atoms with Crippen LogP contribution >= 0.6 is 0 Å². The predicted molar refractivity (Wildman–Crippen MR) is 50.0 cm³/mol. The number of hydrazone groups is 1. The molecule has 0 saturated carbocycles. The van der Waals surface area contributed by atoms with Crippen molar-refractivity contribution in [3.63, 3.8) is 0 Å². The minimum Gasteiger partial charge on any atom is -0.302 e. The van der Waals surface area contributed by atoms with E-state index in [2.05, 4.69) is 29.2 Å². The van der Waals surface area contributed by atoms with Crippen LogP contribution in [0.4, 0.5) is 0 Å². The highest BCUT2D eigenvalue weighted by Gasteiger charge is 2.06. The third-order valence-electron chi connectivity index (χ3n) is 1.70. The Morgan fingerprint density at radius 3 is 3.00 bits per heavy atom. The lowest BCUT2D eigenvalue weighted by Gasteiger charge is -2.12. The van der Waals surface area contributed by atoms with Gasteiger partial charge in [0.2, 0.25) is 0 Å². The number of nitrogens with one attached hydrogen (secondary N) is 1. The highest BCUT2D eigenvalue weighted by Crippen LogP contribution is 2.12. The molecule has 12 heavy (non-hydrogen) atoms. The molecule has 1 N–H and O–H groups in total. The maximum Gasteiger partial charge on any atom is 0.0857 e. The molecule has 1 heterocycles. The molecule has 1 aromatic rings. The average molecular weight is 163 g/mol. The molecule has 3 heteroatoms. The van der Waals surface area contributed by atoms with Crippen LogP contribution in [0.1, 0.15) is 25.1 Å². The fourth-order valence-corrected chi connectivity index (χ4v) is 1.06. The highest BCUT2D eigenvalue weighted by atomic mass is 15.3. The second-order valence-electron chi connectivity index (χ2n) is 2.50. The number of hydrogen-bond donors (Lipinski definition) is 1. The Balaban J connectivity index is 2.72. The largest absolute Gasteiger partial charge is 0.302 e. The van der Waals surface area contributed by atoms with Crippen LogP contribution in [0.25, 0.3) is 0 Å². The number of hydrogen-bond acceptors (Lipinski definition) is 3. The molecular formula is C9H13N3. The standard InChI is InChI=1S/C9H13N3/c1-3-8(12-10-2)9-6-4-5-7-11-9/h4-8,12H,2-3H2,1H3. The van der Waals surface area contributed by atoms with E-state index in [1.807, 2.05) is 18.2 Å². The number of pyridine rings is 1. The summed E-state index contributed by atoms with van der Waals surface area (Å²) < 4.78 is 0. The Bertz CT molecular complexity index is 233. The number of rotatable bonds is 4. The molecule has 0 amide bonds. The number of nitrogens with zero attached hydrogens (tertiary/aromatic N) is 2. The topological polar surface area (TPSA) is 37.3 Å². The van der Waals surface area contributed by atoms with Gasteiger partial charge >= 0.3 is 0 Å². The van der Waals surface area contributed by atoms with Gasteiger partial charge in [0, 0.05) is 12.9 Å². The van der Waals surface area contributed by atoms with Gasteiger partial charge in [0.15, 0.2) is 0 Å². The molecule has 1 unspecified atom stereocenters. The molecule has 0 radical (unpaired) electrons. The first-order valence-corrected chi connectivity index (χ1v) is 4.00. The van der Waals surface area contributed by atoms with E-state index in [4.69, 9.17) is 0 Å². The van der Waals surface area contributed by atoms with Gasteiger partial charge < -0.3 is 5.43 Å². The van der Waals surface area contributed by atoms with Crippen LogP contribution in [0, 0.1) is 0 Å². The lowest BCUT2D eigenvalue weighted by atomic mass is 10.1. The summed E-state index contributed by atoms with van der Waals surface area (Å²) in [6.45, 7) is 5.47. The molecule has 0 aliphatic carbocycles. The van der Waals surface area contributed by atoms with Gasteiger partial charge in [-0.05, 0) is 18.6 Å². The summed E-state index contributed by atoms with van der Waals surface area (Å²) in [5, 5.41) is 3.64. The van der Waals surface area contributed by atoms with Crippen molar-refractivity contribution in [2.45, 2.75) is 19.4 Å². The molecule has 3 nitrogen and oxygen atoms in total. The summed E-state index contributed by atoms with van der Waals surface area (Å²) in [6.07, 6.45) is 2.73. The molecule has 0 aromatic carbocycles. The average Bonchev–Trinajstić information content (AvgIpc) is 2.15. The Labute approximate surface area is 72.5 Å². The van der Waals surface area contributed by atoms with E-state index in [9.17, 15) is 0 Å². The van der Waals surface area contributed by atoms with Crippen LogP contribution in [0.3, 0.4) is 0 Å². The second-order valence-corrected chi connectivity index (χ2v) is 2.50. The van der Waals surface area contributed by atoms with Crippen LogP contribution in [-0.4, -0.2) is 11.7 Å². The van der Waals surface area contributed by atoms with Crippen molar-refractivity contribution < 1.29 is 0 Å². The van der Waals surface area contributed by atoms with Gasteiger partial charge in [0.25, 0.3) is 0 Å². The van der Waals surface area contributed by atoms with Gasteiger partial charge in [-0.2, -0.15) is 5.10 Å². The van der Waals surface area contributed by atoms with Crippen molar-refractivity contribution in [1.29, 1.82) is 0 Å². The quantitative estimate of drug-likeness (QED) is 0.542. The second kappa shape index (κ2) is 4.49. The molecule has 64 valence electrons. The smallest absolute Gasteiger partial charge is 0.0857 e. The van der Waals surface area contributed by atoms with Gasteiger partial charge in [-0.3, -0.25) is 4.98 Å². The predicted octanol–water partition coefficient (Wildman–Crippen LogP) is 1.74. The van der Waals surface area contributed by atoms with Gasteiger partial charge in [0.05, 0.1) is 11.7 Å². The number of aromatic nitrogens is 1. The maximum atomic E-state index is 4.22.